The van der Waals surface area contributed by atoms with Gasteiger partial charge >= 0.3 is 0 Å². The van der Waals surface area contributed by atoms with Crippen LogP contribution in [-0.2, 0) is 6.42 Å². The van der Waals surface area contributed by atoms with Gasteiger partial charge in [-0.1, -0.05) is 29.8 Å². The Kier molecular flexibility index (Phi) is 4.59. The van der Waals surface area contributed by atoms with Gasteiger partial charge in [-0.15, -0.1) is 0 Å². The molecule has 0 aliphatic heterocycles. The molecule has 1 N–H and O–H groups in total. The molecule has 1 unspecified atom stereocenters. The van der Waals surface area contributed by atoms with Crippen LogP contribution < -0.4 is 0 Å². The molecule has 0 saturated carbocycles. The third kappa shape index (κ3) is 3.43. The van der Waals surface area contributed by atoms with Crippen LogP contribution in [0.25, 0.3) is 0 Å². The zero-order chi connectivity index (χ0) is 13.1. The number of benzene rings is 2. The second kappa shape index (κ2) is 5.99. The predicted octanol–water partition coefficient (Wildman–Crippen LogP) is 4.36. The number of hydrogen-bond donors (Lipinski definition) is 1. The molecule has 0 bridgehead atoms. The molecule has 0 aliphatic carbocycles. The minimum Gasteiger partial charge on any atom is -0.388 e. The Morgan fingerprint density at radius 2 is 2.00 bits per heavy atom. The van der Waals surface area contributed by atoms with Crippen molar-refractivity contribution in [2.75, 3.05) is 0 Å². The van der Waals surface area contributed by atoms with Crippen LogP contribution in [-0.4, -0.2) is 5.11 Å². The molecule has 2 aromatic rings. The van der Waals surface area contributed by atoms with Gasteiger partial charge in [0.2, 0.25) is 0 Å². The number of aliphatic hydroxyl groups excluding tert-OH is 1. The van der Waals surface area contributed by atoms with Crippen molar-refractivity contribution in [2.45, 2.75) is 12.5 Å². The van der Waals surface area contributed by atoms with Crippen molar-refractivity contribution in [1.82, 2.24) is 0 Å². The molecule has 4 heteroatoms. The summed E-state index contributed by atoms with van der Waals surface area (Å²) in [6.07, 6.45) is -0.473. The summed E-state index contributed by atoms with van der Waals surface area (Å²) in [5.74, 6) is -0.382. The van der Waals surface area contributed by atoms with Crippen LogP contribution in [0.4, 0.5) is 4.39 Å². The first-order chi connectivity index (χ1) is 8.56. The summed E-state index contributed by atoms with van der Waals surface area (Å²) >= 11 is 7.87. The molecular formula is C14H11ClFIO. The standard InChI is InChI=1S/C14H11ClFIO/c15-11-5-4-9(13(16)8-11)7-14(18)10-2-1-3-12(17)6-10/h1-6,8,14,18H,7H2. The summed E-state index contributed by atoms with van der Waals surface area (Å²) in [5, 5.41) is 10.5. The Labute approximate surface area is 124 Å². The van der Waals surface area contributed by atoms with Crippen LogP contribution in [0.3, 0.4) is 0 Å². The normalized spacial score (nSPS) is 12.4. The first kappa shape index (κ1) is 13.8. The van der Waals surface area contributed by atoms with Crippen molar-refractivity contribution in [1.29, 1.82) is 0 Å². The van der Waals surface area contributed by atoms with Crippen molar-refractivity contribution < 1.29 is 9.50 Å². The van der Waals surface area contributed by atoms with E-state index in [1.165, 1.54) is 6.07 Å². The average molecular weight is 377 g/mol. The monoisotopic (exact) mass is 376 g/mol. The predicted molar refractivity (Wildman–Crippen MR) is 79.2 cm³/mol. The van der Waals surface area contributed by atoms with Crippen LogP contribution in [0.1, 0.15) is 17.2 Å². The van der Waals surface area contributed by atoms with Gasteiger partial charge in [-0.05, 0) is 58.0 Å². The Morgan fingerprint density at radius 3 is 2.67 bits per heavy atom. The maximum absolute atomic E-state index is 13.6. The third-order valence-electron chi connectivity index (χ3n) is 2.66. The Bertz CT molecular complexity index is 559. The molecule has 94 valence electrons. The van der Waals surface area contributed by atoms with Gasteiger partial charge in [-0.3, -0.25) is 0 Å². The zero-order valence-corrected chi connectivity index (χ0v) is 12.3. The van der Waals surface area contributed by atoms with Gasteiger partial charge in [0.1, 0.15) is 5.82 Å². The van der Waals surface area contributed by atoms with Gasteiger partial charge in [-0.2, -0.15) is 0 Å². The fourth-order valence-electron chi connectivity index (χ4n) is 1.73. The van der Waals surface area contributed by atoms with Gasteiger partial charge in [0.05, 0.1) is 6.10 Å². The molecule has 0 aromatic heterocycles. The van der Waals surface area contributed by atoms with E-state index in [9.17, 15) is 9.50 Å². The molecule has 0 aliphatic rings. The third-order valence-corrected chi connectivity index (χ3v) is 3.57. The van der Waals surface area contributed by atoms with E-state index < -0.39 is 6.10 Å². The largest absolute Gasteiger partial charge is 0.388 e. The molecule has 0 saturated heterocycles. The van der Waals surface area contributed by atoms with Crippen LogP contribution in [0.2, 0.25) is 5.02 Å². The van der Waals surface area contributed by atoms with Crippen molar-refractivity contribution in [3.8, 4) is 0 Å². The number of aliphatic hydroxyl groups is 1. The highest BCUT2D eigenvalue weighted by Crippen LogP contribution is 2.23. The van der Waals surface area contributed by atoms with E-state index in [0.717, 1.165) is 9.13 Å². The van der Waals surface area contributed by atoms with Gasteiger partial charge in [0, 0.05) is 15.0 Å². The zero-order valence-electron chi connectivity index (χ0n) is 9.41. The molecule has 0 spiro atoms. The molecule has 0 heterocycles. The van der Waals surface area contributed by atoms with Crippen molar-refractivity contribution in [3.63, 3.8) is 0 Å². The van der Waals surface area contributed by atoms with Crippen molar-refractivity contribution in [3.05, 3.63) is 68.0 Å². The quantitative estimate of drug-likeness (QED) is 0.789. The van der Waals surface area contributed by atoms with Crippen LogP contribution in [0.15, 0.2) is 42.5 Å². The second-order valence-electron chi connectivity index (χ2n) is 4.01. The molecule has 1 atom stereocenters. The summed E-state index contributed by atoms with van der Waals surface area (Å²) < 4.78 is 14.7. The average Bonchev–Trinajstić information content (AvgIpc) is 2.32. The fourth-order valence-corrected chi connectivity index (χ4v) is 2.45. The van der Waals surface area contributed by atoms with Crippen LogP contribution >= 0.6 is 34.2 Å². The molecule has 0 amide bonds. The molecular weight excluding hydrogens is 366 g/mol. The van der Waals surface area contributed by atoms with E-state index >= 15 is 0 Å². The van der Waals surface area contributed by atoms with Gasteiger partial charge in [0.15, 0.2) is 0 Å². The highest BCUT2D eigenvalue weighted by Gasteiger charge is 2.12. The second-order valence-corrected chi connectivity index (χ2v) is 5.69. The molecule has 2 rings (SSSR count). The van der Waals surface area contributed by atoms with E-state index in [0.29, 0.717) is 10.6 Å². The van der Waals surface area contributed by atoms with Gasteiger partial charge < -0.3 is 5.11 Å². The SMILES string of the molecule is OC(Cc1ccc(Cl)cc1F)c1cccc(I)c1. The van der Waals surface area contributed by atoms with Crippen LogP contribution in [0.5, 0.6) is 0 Å². The molecule has 18 heavy (non-hydrogen) atoms. The van der Waals surface area contributed by atoms with Crippen molar-refractivity contribution in [2.24, 2.45) is 0 Å². The highest BCUT2D eigenvalue weighted by molar-refractivity contribution is 14.1. The summed E-state index contributed by atoms with van der Waals surface area (Å²) in [6, 6.07) is 12.0. The summed E-state index contributed by atoms with van der Waals surface area (Å²) in [5.41, 5.74) is 1.25. The lowest BCUT2D eigenvalue weighted by molar-refractivity contribution is 0.177. The van der Waals surface area contributed by atoms with E-state index in [2.05, 4.69) is 22.6 Å². The maximum Gasteiger partial charge on any atom is 0.127 e. The lowest BCUT2D eigenvalue weighted by atomic mass is 10.0. The summed E-state index contributed by atoms with van der Waals surface area (Å²) in [7, 11) is 0. The molecule has 0 fully saturated rings. The van der Waals surface area contributed by atoms with E-state index in [4.69, 9.17) is 11.6 Å². The molecule has 2 aromatic carbocycles. The van der Waals surface area contributed by atoms with E-state index in [1.54, 1.807) is 12.1 Å². The molecule has 0 radical (unpaired) electrons. The number of rotatable bonds is 3. The smallest absolute Gasteiger partial charge is 0.127 e. The summed E-state index contributed by atoms with van der Waals surface area (Å²) in [4.78, 5) is 0. The fraction of sp³-hybridized carbons (Fsp3) is 0.143. The minimum absolute atomic E-state index is 0.239. The number of halogens is 3. The first-order valence-corrected chi connectivity index (χ1v) is 6.89. The van der Waals surface area contributed by atoms with Crippen LogP contribution in [0, 0.1) is 9.39 Å². The Hall–Kier alpha value is -0.650. The maximum atomic E-state index is 13.6. The summed E-state index contributed by atoms with van der Waals surface area (Å²) in [6.45, 7) is 0. The van der Waals surface area contributed by atoms with Gasteiger partial charge in [-0.25, -0.2) is 4.39 Å². The minimum atomic E-state index is -0.713. The highest BCUT2D eigenvalue weighted by atomic mass is 127. The topological polar surface area (TPSA) is 20.2 Å². The molecule has 1 nitrogen and oxygen atoms in total. The Balaban J connectivity index is 2.18. The van der Waals surface area contributed by atoms with Crippen molar-refractivity contribution >= 4 is 34.2 Å². The van der Waals surface area contributed by atoms with E-state index in [1.807, 2.05) is 24.3 Å². The lowest BCUT2D eigenvalue weighted by Crippen LogP contribution is -2.03. The first-order valence-electron chi connectivity index (χ1n) is 5.44. The lowest BCUT2D eigenvalue weighted by Gasteiger charge is -2.12. The Morgan fingerprint density at radius 1 is 1.22 bits per heavy atom. The van der Waals surface area contributed by atoms with E-state index in [-0.39, 0.29) is 12.2 Å². The van der Waals surface area contributed by atoms with Gasteiger partial charge in [0.25, 0.3) is 0 Å². The number of hydrogen-bond acceptors (Lipinski definition) is 1.